The number of rotatable bonds is 3. The molecule has 0 unspecified atom stereocenters. The predicted octanol–water partition coefficient (Wildman–Crippen LogP) is 5.49. The molecule has 4 aromatic rings. The molecule has 0 saturated carbocycles. The lowest BCUT2D eigenvalue weighted by molar-refractivity contribution is 1.22. The highest BCUT2D eigenvalue weighted by molar-refractivity contribution is 6.30. The lowest BCUT2D eigenvalue weighted by atomic mass is 10.0. The van der Waals surface area contributed by atoms with E-state index in [1.165, 1.54) is 0 Å². The maximum atomic E-state index is 5.99. The summed E-state index contributed by atoms with van der Waals surface area (Å²) >= 11 is 5.99. The van der Waals surface area contributed by atoms with Gasteiger partial charge in [0.05, 0.1) is 5.52 Å². The summed E-state index contributed by atoms with van der Waals surface area (Å²) in [4.78, 5) is 8.70. The highest BCUT2D eigenvalue weighted by Crippen LogP contribution is 2.31. The van der Waals surface area contributed by atoms with Gasteiger partial charge in [-0.2, -0.15) is 0 Å². The molecule has 1 heterocycles. The summed E-state index contributed by atoms with van der Waals surface area (Å²) in [6.07, 6.45) is 1.57. The minimum atomic E-state index is 0.718. The van der Waals surface area contributed by atoms with E-state index in [2.05, 4.69) is 21.4 Å². The van der Waals surface area contributed by atoms with Crippen LogP contribution in [0.3, 0.4) is 0 Å². The van der Waals surface area contributed by atoms with Gasteiger partial charge in [-0.15, -0.1) is 0 Å². The van der Waals surface area contributed by atoms with Crippen molar-refractivity contribution in [2.24, 2.45) is 0 Å². The number of hydrogen-bond donors (Lipinski definition) is 1. The van der Waals surface area contributed by atoms with Gasteiger partial charge in [-0.3, -0.25) is 0 Å². The Morgan fingerprint density at radius 2 is 1.75 bits per heavy atom. The number of anilines is 2. The molecule has 0 bridgehead atoms. The summed E-state index contributed by atoms with van der Waals surface area (Å²) in [5, 5.41) is 5.12. The Hall–Kier alpha value is -2.91. The van der Waals surface area contributed by atoms with E-state index in [1.807, 2.05) is 66.7 Å². The summed E-state index contributed by atoms with van der Waals surface area (Å²) in [6, 6.07) is 24.6. The molecule has 1 N–H and O–H groups in total. The van der Waals surface area contributed by atoms with Crippen molar-refractivity contribution in [3.05, 3.63) is 84.1 Å². The van der Waals surface area contributed by atoms with Crippen LogP contribution in [-0.2, 0) is 0 Å². The Labute approximate surface area is 145 Å². The van der Waals surface area contributed by atoms with Crippen LogP contribution in [0.1, 0.15) is 0 Å². The van der Waals surface area contributed by atoms with Gasteiger partial charge >= 0.3 is 0 Å². The average molecular weight is 331 g/mol. The number of halogens is 1. The number of para-hydroxylation sites is 1. The number of nitrogens with zero attached hydrogens (tertiary/aromatic N) is 2. The van der Waals surface area contributed by atoms with E-state index in [4.69, 9.17) is 11.6 Å². The predicted molar refractivity (Wildman–Crippen MR) is 98.5 cm³/mol. The highest BCUT2D eigenvalue weighted by Gasteiger charge is 2.08. The smallest absolute Gasteiger partial charge is 0.141 e. The molecule has 0 aliphatic carbocycles. The van der Waals surface area contributed by atoms with E-state index in [0.29, 0.717) is 0 Å². The topological polar surface area (TPSA) is 37.8 Å². The van der Waals surface area contributed by atoms with Crippen molar-refractivity contribution in [3.8, 4) is 11.1 Å². The van der Waals surface area contributed by atoms with Crippen LogP contribution >= 0.6 is 11.6 Å². The SMILES string of the molecule is Clc1ccc(-c2c[c]ccc2Nc2ncnc3ccccc23)cc1. The zero-order chi connectivity index (χ0) is 16.4. The quantitative estimate of drug-likeness (QED) is 0.539. The summed E-state index contributed by atoms with van der Waals surface area (Å²) in [6.45, 7) is 0. The Bertz CT molecular complexity index is 992. The second-order valence-electron chi connectivity index (χ2n) is 5.34. The Morgan fingerprint density at radius 3 is 2.62 bits per heavy atom. The van der Waals surface area contributed by atoms with Crippen LogP contribution in [0.15, 0.2) is 73.1 Å². The van der Waals surface area contributed by atoms with Crippen LogP contribution < -0.4 is 5.32 Å². The number of hydrogen-bond acceptors (Lipinski definition) is 3. The first-order valence-corrected chi connectivity index (χ1v) is 7.92. The number of benzene rings is 3. The van der Waals surface area contributed by atoms with Crippen LogP contribution in [0.5, 0.6) is 0 Å². The molecular formula is C20H13ClN3. The van der Waals surface area contributed by atoms with Crippen molar-refractivity contribution in [3.63, 3.8) is 0 Å². The number of aromatic nitrogens is 2. The summed E-state index contributed by atoms with van der Waals surface area (Å²) in [5.74, 6) is 0.780. The van der Waals surface area contributed by atoms with Gasteiger partial charge in [0.2, 0.25) is 0 Å². The molecule has 0 amide bonds. The molecule has 0 saturated heterocycles. The van der Waals surface area contributed by atoms with Gasteiger partial charge in [0.15, 0.2) is 0 Å². The van der Waals surface area contributed by atoms with E-state index in [0.717, 1.165) is 38.6 Å². The van der Waals surface area contributed by atoms with Crippen molar-refractivity contribution in [2.45, 2.75) is 0 Å². The molecule has 0 fully saturated rings. The van der Waals surface area contributed by atoms with Gasteiger partial charge in [0.25, 0.3) is 0 Å². The maximum absolute atomic E-state index is 5.99. The van der Waals surface area contributed by atoms with E-state index in [1.54, 1.807) is 6.33 Å². The molecule has 24 heavy (non-hydrogen) atoms. The van der Waals surface area contributed by atoms with Gasteiger partial charge in [-0.05, 0) is 48.0 Å². The van der Waals surface area contributed by atoms with Crippen LogP contribution in [-0.4, -0.2) is 9.97 Å². The first-order valence-electron chi connectivity index (χ1n) is 7.54. The van der Waals surface area contributed by atoms with Gasteiger partial charge in [0, 0.05) is 21.7 Å². The third kappa shape index (κ3) is 2.82. The zero-order valence-electron chi connectivity index (χ0n) is 12.7. The first-order chi connectivity index (χ1) is 11.8. The number of nitrogens with one attached hydrogen (secondary N) is 1. The molecule has 4 heteroatoms. The normalized spacial score (nSPS) is 10.7. The molecule has 4 rings (SSSR count). The molecule has 0 spiro atoms. The second kappa shape index (κ2) is 6.30. The zero-order valence-corrected chi connectivity index (χ0v) is 13.5. The molecule has 0 aliphatic heterocycles. The molecule has 3 nitrogen and oxygen atoms in total. The molecule has 0 atom stereocenters. The standard InChI is InChI=1S/C20H13ClN3/c21-15-11-9-14(10-12-15)16-5-1-4-8-19(16)24-20-17-6-2-3-7-18(17)22-13-23-20/h2-13H,(H,22,23,24). The Kier molecular flexibility index (Phi) is 3.85. The molecular weight excluding hydrogens is 318 g/mol. The third-order valence-corrected chi connectivity index (χ3v) is 4.07. The lowest BCUT2D eigenvalue weighted by Crippen LogP contribution is -1.97. The largest absolute Gasteiger partial charge is 0.339 e. The van der Waals surface area contributed by atoms with Crippen molar-refractivity contribution in [1.29, 1.82) is 0 Å². The van der Waals surface area contributed by atoms with Crippen molar-refractivity contribution < 1.29 is 0 Å². The van der Waals surface area contributed by atoms with Crippen LogP contribution in [0.4, 0.5) is 11.5 Å². The summed E-state index contributed by atoms with van der Waals surface area (Å²) < 4.78 is 0. The Morgan fingerprint density at radius 1 is 0.917 bits per heavy atom. The van der Waals surface area contributed by atoms with E-state index >= 15 is 0 Å². The van der Waals surface area contributed by atoms with Crippen molar-refractivity contribution >= 4 is 34.0 Å². The fourth-order valence-corrected chi connectivity index (χ4v) is 2.77. The first kappa shape index (κ1) is 14.7. The second-order valence-corrected chi connectivity index (χ2v) is 5.78. The Balaban J connectivity index is 1.79. The maximum Gasteiger partial charge on any atom is 0.141 e. The van der Waals surface area contributed by atoms with E-state index < -0.39 is 0 Å². The average Bonchev–Trinajstić information content (AvgIpc) is 2.63. The third-order valence-electron chi connectivity index (χ3n) is 3.82. The van der Waals surface area contributed by atoms with Crippen LogP contribution in [0.25, 0.3) is 22.0 Å². The van der Waals surface area contributed by atoms with Crippen molar-refractivity contribution in [2.75, 3.05) is 5.32 Å². The van der Waals surface area contributed by atoms with Crippen molar-refractivity contribution in [1.82, 2.24) is 9.97 Å². The minimum absolute atomic E-state index is 0.718. The fourth-order valence-electron chi connectivity index (χ4n) is 2.64. The highest BCUT2D eigenvalue weighted by atomic mass is 35.5. The summed E-state index contributed by atoms with van der Waals surface area (Å²) in [5.41, 5.74) is 3.97. The number of fused-ring (bicyclic) bond motifs is 1. The summed E-state index contributed by atoms with van der Waals surface area (Å²) in [7, 11) is 0. The molecule has 1 aromatic heterocycles. The van der Waals surface area contributed by atoms with Gasteiger partial charge < -0.3 is 5.32 Å². The monoisotopic (exact) mass is 330 g/mol. The molecule has 115 valence electrons. The van der Waals surface area contributed by atoms with Crippen LogP contribution in [0.2, 0.25) is 5.02 Å². The van der Waals surface area contributed by atoms with Crippen LogP contribution in [0, 0.1) is 6.07 Å². The van der Waals surface area contributed by atoms with Gasteiger partial charge in [-0.1, -0.05) is 41.9 Å². The van der Waals surface area contributed by atoms with E-state index in [-0.39, 0.29) is 0 Å². The lowest BCUT2D eigenvalue weighted by Gasteiger charge is -2.13. The van der Waals surface area contributed by atoms with E-state index in [9.17, 15) is 0 Å². The molecule has 0 aliphatic rings. The van der Waals surface area contributed by atoms with Gasteiger partial charge in [0.1, 0.15) is 12.1 Å². The minimum Gasteiger partial charge on any atom is -0.339 e. The molecule has 1 radical (unpaired) electrons. The molecule has 3 aromatic carbocycles. The van der Waals surface area contributed by atoms with Gasteiger partial charge in [-0.25, -0.2) is 9.97 Å². The fraction of sp³-hybridized carbons (Fsp3) is 0.